The molecule has 0 bridgehead atoms. The molecule has 1 aromatic carbocycles. The average Bonchev–Trinajstić information content (AvgIpc) is 2.27. The molecule has 0 atom stereocenters. The van der Waals surface area contributed by atoms with Gasteiger partial charge in [-0.2, -0.15) is 0 Å². The number of quaternary nitrogens is 1. The largest absolute Gasteiger partial charge is 0.507 e. The van der Waals surface area contributed by atoms with Gasteiger partial charge in [0.05, 0.1) is 27.7 Å². The number of carbonyl (C=O) groups excluding carboxylic acids is 1. The van der Waals surface area contributed by atoms with Crippen molar-refractivity contribution in [2.75, 3.05) is 34.3 Å². The van der Waals surface area contributed by atoms with Crippen molar-refractivity contribution in [3.8, 4) is 5.75 Å². The number of phenolic OH excluding ortho intramolecular Hbond substituents is 1. The van der Waals surface area contributed by atoms with Crippen molar-refractivity contribution in [2.24, 2.45) is 5.73 Å². The summed E-state index contributed by atoms with van der Waals surface area (Å²) in [5, 5.41) is 9.85. The third-order valence-electron chi connectivity index (χ3n) is 2.56. The van der Waals surface area contributed by atoms with E-state index in [0.717, 1.165) is 5.69 Å². The average molecular weight is 253 g/mol. The zero-order chi connectivity index (χ0) is 13.8. The molecule has 18 heavy (non-hydrogen) atoms. The number of ether oxygens (including phenoxy) is 1. The van der Waals surface area contributed by atoms with Crippen LogP contribution in [0.4, 0.5) is 5.69 Å². The van der Waals surface area contributed by atoms with Gasteiger partial charge in [-0.15, -0.1) is 0 Å². The van der Waals surface area contributed by atoms with Crippen LogP contribution in [-0.2, 0) is 4.74 Å². The molecule has 0 saturated heterocycles. The van der Waals surface area contributed by atoms with Crippen LogP contribution in [0.15, 0.2) is 18.2 Å². The summed E-state index contributed by atoms with van der Waals surface area (Å²) in [7, 11) is 5.94. The van der Waals surface area contributed by atoms with E-state index in [1.165, 1.54) is 0 Å². The number of carbonyl (C=O) groups is 1. The molecule has 0 aliphatic heterocycles. The zero-order valence-corrected chi connectivity index (χ0v) is 11.1. The molecule has 1 rings (SSSR count). The Morgan fingerprint density at radius 3 is 2.56 bits per heavy atom. The minimum Gasteiger partial charge on any atom is -0.507 e. The number of nitrogens with zero attached hydrogens (tertiary/aromatic N) is 1. The Kier molecular flexibility index (Phi) is 4.69. The SMILES string of the molecule is C[N+](C)(C)c1ccc(C(=O)OCCCN)c(O)c1. The summed E-state index contributed by atoms with van der Waals surface area (Å²) in [5.41, 5.74) is 6.40. The monoisotopic (exact) mass is 253 g/mol. The molecule has 0 aliphatic rings. The van der Waals surface area contributed by atoms with Gasteiger partial charge in [0.2, 0.25) is 0 Å². The van der Waals surface area contributed by atoms with Gasteiger partial charge in [-0.25, -0.2) is 4.79 Å². The molecule has 0 radical (unpaired) electrons. The molecule has 0 unspecified atom stereocenters. The molecule has 0 aromatic heterocycles. The van der Waals surface area contributed by atoms with Crippen molar-refractivity contribution >= 4 is 11.7 Å². The van der Waals surface area contributed by atoms with Gasteiger partial charge in [0, 0.05) is 12.1 Å². The van der Waals surface area contributed by atoms with E-state index in [2.05, 4.69) is 0 Å². The first-order valence-corrected chi connectivity index (χ1v) is 5.88. The van der Waals surface area contributed by atoms with Gasteiger partial charge >= 0.3 is 5.97 Å². The topological polar surface area (TPSA) is 72.5 Å². The minimum absolute atomic E-state index is 0.0571. The molecule has 0 spiro atoms. The molecule has 0 heterocycles. The first kappa shape index (κ1) is 14.5. The Morgan fingerprint density at radius 2 is 2.06 bits per heavy atom. The Morgan fingerprint density at radius 1 is 1.39 bits per heavy atom. The third kappa shape index (κ3) is 3.72. The molecule has 5 nitrogen and oxygen atoms in total. The van der Waals surface area contributed by atoms with Gasteiger partial charge in [0.25, 0.3) is 0 Å². The van der Waals surface area contributed by atoms with Crippen LogP contribution in [0, 0.1) is 0 Å². The number of nitrogens with two attached hydrogens (primary N) is 1. The predicted octanol–water partition coefficient (Wildman–Crippen LogP) is 1.09. The standard InChI is InChI=1S/C13H20N2O3/c1-15(2,3)10-5-6-11(12(16)9-10)13(17)18-8-4-7-14/h5-6,9H,4,7-8,14H2,1-3H3/p+1. The fourth-order valence-corrected chi connectivity index (χ4v) is 1.44. The molecule has 0 fully saturated rings. The minimum atomic E-state index is -0.520. The second-order valence-corrected chi connectivity index (χ2v) is 4.99. The van der Waals surface area contributed by atoms with Crippen molar-refractivity contribution in [1.82, 2.24) is 4.48 Å². The molecule has 0 saturated carbocycles. The Labute approximate surface area is 107 Å². The van der Waals surface area contributed by atoms with Crippen molar-refractivity contribution < 1.29 is 14.6 Å². The highest BCUT2D eigenvalue weighted by Gasteiger charge is 2.18. The number of hydrogen-bond acceptors (Lipinski definition) is 4. The van der Waals surface area contributed by atoms with Crippen molar-refractivity contribution in [2.45, 2.75) is 6.42 Å². The van der Waals surface area contributed by atoms with E-state index >= 15 is 0 Å². The smallest absolute Gasteiger partial charge is 0.341 e. The lowest BCUT2D eigenvalue weighted by Gasteiger charge is -2.23. The summed E-state index contributed by atoms with van der Waals surface area (Å²) in [6.07, 6.45) is 0.615. The van der Waals surface area contributed by atoms with E-state index in [0.29, 0.717) is 17.4 Å². The molecular weight excluding hydrogens is 232 g/mol. The normalized spacial score (nSPS) is 11.3. The number of benzene rings is 1. The van der Waals surface area contributed by atoms with Gasteiger partial charge < -0.3 is 15.6 Å². The summed E-state index contributed by atoms with van der Waals surface area (Å²) in [6.45, 7) is 0.742. The van der Waals surface area contributed by atoms with E-state index in [1.807, 2.05) is 21.1 Å². The molecule has 0 aliphatic carbocycles. The number of phenols is 1. The van der Waals surface area contributed by atoms with Gasteiger partial charge in [-0.1, -0.05) is 0 Å². The summed E-state index contributed by atoms with van der Waals surface area (Å²) in [6, 6.07) is 4.97. The second-order valence-electron chi connectivity index (χ2n) is 4.99. The number of aromatic hydroxyl groups is 1. The van der Waals surface area contributed by atoms with Crippen LogP contribution in [0.25, 0.3) is 0 Å². The van der Waals surface area contributed by atoms with Crippen LogP contribution in [-0.4, -0.2) is 45.4 Å². The highest BCUT2D eigenvalue weighted by molar-refractivity contribution is 5.92. The third-order valence-corrected chi connectivity index (χ3v) is 2.56. The zero-order valence-electron chi connectivity index (χ0n) is 11.1. The number of esters is 1. The van der Waals surface area contributed by atoms with E-state index in [-0.39, 0.29) is 17.9 Å². The van der Waals surface area contributed by atoms with Crippen LogP contribution in [0.5, 0.6) is 5.75 Å². The summed E-state index contributed by atoms with van der Waals surface area (Å²) >= 11 is 0. The first-order valence-electron chi connectivity index (χ1n) is 5.88. The quantitative estimate of drug-likeness (QED) is 0.468. The highest BCUT2D eigenvalue weighted by atomic mass is 16.5. The van der Waals surface area contributed by atoms with Crippen LogP contribution >= 0.6 is 0 Å². The lowest BCUT2D eigenvalue weighted by Crippen LogP contribution is -2.34. The molecular formula is C13H21N2O3+. The Balaban J connectivity index is 2.82. The van der Waals surface area contributed by atoms with Gasteiger partial charge in [0.1, 0.15) is 17.0 Å². The van der Waals surface area contributed by atoms with Crippen molar-refractivity contribution in [3.63, 3.8) is 0 Å². The molecule has 3 N–H and O–H groups in total. The van der Waals surface area contributed by atoms with Crippen molar-refractivity contribution in [3.05, 3.63) is 23.8 Å². The maximum atomic E-state index is 11.7. The lowest BCUT2D eigenvalue weighted by molar-refractivity contribution is 0.0499. The van der Waals surface area contributed by atoms with Crippen LogP contribution in [0.3, 0.4) is 0 Å². The Hall–Kier alpha value is -1.59. The van der Waals surface area contributed by atoms with E-state index in [4.69, 9.17) is 10.5 Å². The maximum Gasteiger partial charge on any atom is 0.341 e. The van der Waals surface area contributed by atoms with Crippen LogP contribution in [0.2, 0.25) is 0 Å². The molecule has 100 valence electrons. The van der Waals surface area contributed by atoms with Crippen LogP contribution < -0.4 is 10.2 Å². The lowest BCUT2D eigenvalue weighted by atomic mass is 10.1. The maximum absolute atomic E-state index is 11.7. The molecule has 1 aromatic rings. The van der Waals surface area contributed by atoms with Crippen LogP contribution in [0.1, 0.15) is 16.8 Å². The van der Waals surface area contributed by atoms with E-state index in [9.17, 15) is 9.90 Å². The predicted molar refractivity (Wildman–Crippen MR) is 71.6 cm³/mol. The fourth-order valence-electron chi connectivity index (χ4n) is 1.44. The number of hydrogen-bond donors (Lipinski definition) is 2. The fraction of sp³-hybridized carbons (Fsp3) is 0.462. The van der Waals surface area contributed by atoms with Gasteiger partial charge in [-0.3, -0.25) is 4.48 Å². The van der Waals surface area contributed by atoms with Gasteiger partial charge in [-0.05, 0) is 19.0 Å². The summed E-state index contributed by atoms with van der Waals surface area (Å²) < 4.78 is 5.56. The van der Waals surface area contributed by atoms with E-state index < -0.39 is 5.97 Å². The van der Waals surface area contributed by atoms with E-state index in [1.54, 1.807) is 18.2 Å². The summed E-state index contributed by atoms with van der Waals surface area (Å²) in [5.74, 6) is -0.577. The van der Waals surface area contributed by atoms with Gasteiger partial charge in [0.15, 0.2) is 0 Å². The second kappa shape index (κ2) is 5.84. The summed E-state index contributed by atoms with van der Waals surface area (Å²) in [4.78, 5) is 11.7. The number of rotatable bonds is 5. The Bertz CT molecular complexity index is 425. The first-order chi connectivity index (χ1) is 8.36. The molecule has 0 amide bonds. The highest BCUT2D eigenvalue weighted by Crippen LogP contribution is 2.26. The van der Waals surface area contributed by atoms with Crippen molar-refractivity contribution in [1.29, 1.82) is 0 Å². The molecule has 5 heteroatoms.